The van der Waals surface area contributed by atoms with Gasteiger partial charge in [-0.1, -0.05) is 74.5 Å². The minimum Gasteiger partial charge on any atom is -0.445 e. The number of nitrogens with one attached hydrogen (secondary N) is 3. The number of carbonyl (C=O) groups excluding carboxylic acids is 2. The lowest BCUT2D eigenvalue weighted by Crippen LogP contribution is -2.53. The van der Waals surface area contributed by atoms with Gasteiger partial charge in [0.2, 0.25) is 5.91 Å². The molecule has 0 saturated carbocycles. The summed E-state index contributed by atoms with van der Waals surface area (Å²) in [5, 5.41) is 9.50. The summed E-state index contributed by atoms with van der Waals surface area (Å²) in [4.78, 5) is 28.4. The largest absolute Gasteiger partial charge is 0.445 e. The fourth-order valence-corrected chi connectivity index (χ4v) is 5.11. The zero-order valence-corrected chi connectivity index (χ0v) is 24.4. The van der Waals surface area contributed by atoms with Crippen LogP contribution in [0.3, 0.4) is 0 Å². The van der Waals surface area contributed by atoms with Gasteiger partial charge in [-0.05, 0) is 73.4 Å². The number of anilines is 2. The third kappa shape index (κ3) is 9.85. The molecule has 41 heavy (non-hydrogen) atoms. The average molecular weight is 557 g/mol. The number of amides is 2. The number of ether oxygens (including phenoxy) is 1. The Morgan fingerprint density at radius 3 is 2.07 bits per heavy atom. The van der Waals surface area contributed by atoms with E-state index in [-0.39, 0.29) is 24.5 Å². The van der Waals surface area contributed by atoms with Gasteiger partial charge in [-0.3, -0.25) is 4.79 Å². The topological polar surface area (TPSA) is 82.7 Å². The van der Waals surface area contributed by atoms with E-state index < -0.39 is 12.1 Å². The molecule has 4 rings (SSSR count). The Labute approximate surface area is 244 Å². The first-order valence-corrected chi connectivity index (χ1v) is 14.9. The Balaban J connectivity index is 1.35. The van der Waals surface area contributed by atoms with Crippen molar-refractivity contribution in [1.82, 2.24) is 10.6 Å². The number of carbonyl (C=O) groups is 2. The first kappa shape index (κ1) is 30.0. The predicted octanol–water partition coefficient (Wildman–Crippen LogP) is 6.16. The van der Waals surface area contributed by atoms with Crippen molar-refractivity contribution in [2.45, 2.75) is 64.6 Å². The molecular weight excluding hydrogens is 512 g/mol. The van der Waals surface area contributed by atoms with Gasteiger partial charge in [0.05, 0.1) is 0 Å². The molecule has 0 unspecified atom stereocenters. The molecule has 7 heteroatoms. The fourth-order valence-electron chi connectivity index (χ4n) is 5.11. The molecule has 1 aliphatic heterocycles. The molecule has 1 aliphatic rings. The van der Waals surface area contributed by atoms with Crippen LogP contribution in [0.2, 0.25) is 0 Å². The Morgan fingerprint density at radius 1 is 0.805 bits per heavy atom. The Hall–Kier alpha value is -4.00. The second-order valence-electron chi connectivity index (χ2n) is 11.1. The van der Waals surface area contributed by atoms with E-state index in [0.717, 1.165) is 37.2 Å². The van der Waals surface area contributed by atoms with Crippen LogP contribution in [-0.2, 0) is 22.6 Å². The van der Waals surface area contributed by atoms with Gasteiger partial charge >= 0.3 is 6.09 Å². The van der Waals surface area contributed by atoms with Crippen LogP contribution in [0.15, 0.2) is 84.9 Å². The van der Waals surface area contributed by atoms with Crippen molar-refractivity contribution in [2.24, 2.45) is 5.92 Å². The molecule has 2 amide bonds. The van der Waals surface area contributed by atoms with Crippen LogP contribution < -0.4 is 20.9 Å². The van der Waals surface area contributed by atoms with Gasteiger partial charge in [-0.25, -0.2) is 4.79 Å². The van der Waals surface area contributed by atoms with Crippen LogP contribution in [0.5, 0.6) is 0 Å². The molecule has 0 aliphatic carbocycles. The summed E-state index contributed by atoms with van der Waals surface area (Å²) in [5.41, 5.74) is 4.40. The molecule has 1 heterocycles. The summed E-state index contributed by atoms with van der Waals surface area (Å²) < 4.78 is 5.38. The monoisotopic (exact) mass is 556 g/mol. The first-order valence-electron chi connectivity index (χ1n) is 14.9. The molecular formula is C34H44N4O3. The zero-order valence-electron chi connectivity index (χ0n) is 24.4. The van der Waals surface area contributed by atoms with E-state index in [1.165, 1.54) is 30.5 Å². The molecule has 7 nitrogen and oxygen atoms in total. The van der Waals surface area contributed by atoms with Gasteiger partial charge in [-0.15, -0.1) is 0 Å². The highest BCUT2D eigenvalue weighted by atomic mass is 16.5. The standard InChI is InChI=1S/C34H44N4O3/c1-26(2)32(37-34(40)41-25-28-14-8-4-9-15-28)33(39)36-30(17-16-27-12-6-3-7-13-27)24-35-29-18-20-31(21-19-29)38-22-10-5-11-23-38/h3-4,6-9,12-15,18-21,26,30,32,35H,5,10-11,16-17,22-25H2,1-2H3,(H,36,39)(H,37,40)/t30-,32-/m0/s1. The molecule has 3 N–H and O–H groups in total. The smallest absolute Gasteiger partial charge is 0.408 e. The molecule has 2 atom stereocenters. The normalized spacial score (nSPS) is 14.7. The maximum Gasteiger partial charge on any atom is 0.408 e. The second kappa shape index (κ2) is 15.7. The van der Waals surface area contributed by atoms with Gasteiger partial charge in [0.15, 0.2) is 0 Å². The van der Waals surface area contributed by atoms with Crippen LogP contribution in [0.1, 0.15) is 50.7 Å². The molecule has 0 spiro atoms. The van der Waals surface area contributed by atoms with Crippen molar-refractivity contribution in [2.75, 3.05) is 29.9 Å². The maximum absolute atomic E-state index is 13.4. The lowest BCUT2D eigenvalue weighted by Gasteiger charge is -2.29. The molecule has 1 saturated heterocycles. The van der Waals surface area contributed by atoms with E-state index in [9.17, 15) is 9.59 Å². The van der Waals surface area contributed by atoms with Gasteiger partial charge < -0.3 is 25.6 Å². The lowest BCUT2D eigenvalue weighted by atomic mass is 10.0. The molecule has 3 aromatic rings. The van der Waals surface area contributed by atoms with Crippen molar-refractivity contribution in [3.63, 3.8) is 0 Å². The van der Waals surface area contributed by atoms with Crippen molar-refractivity contribution in [3.8, 4) is 0 Å². The van der Waals surface area contributed by atoms with Crippen LogP contribution >= 0.6 is 0 Å². The zero-order chi connectivity index (χ0) is 28.9. The molecule has 0 radical (unpaired) electrons. The third-order valence-electron chi connectivity index (χ3n) is 7.55. The molecule has 0 aromatic heterocycles. The van der Waals surface area contributed by atoms with Crippen molar-refractivity contribution >= 4 is 23.4 Å². The number of nitrogens with zero attached hydrogens (tertiary/aromatic N) is 1. The number of aryl methyl sites for hydroxylation is 1. The van der Waals surface area contributed by atoms with Crippen LogP contribution in [-0.4, -0.2) is 43.7 Å². The van der Waals surface area contributed by atoms with E-state index >= 15 is 0 Å². The lowest BCUT2D eigenvalue weighted by molar-refractivity contribution is -0.124. The van der Waals surface area contributed by atoms with Gasteiger partial charge in [0, 0.05) is 37.1 Å². The molecule has 3 aromatic carbocycles. The average Bonchev–Trinajstić information content (AvgIpc) is 3.01. The second-order valence-corrected chi connectivity index (χ2v) is 11.1. The summed E-state index contributed by atoms with van der Waals surface area (Å²) in [6, 6.07) is 27.5. The highest BCUT2D eigenvalue weighted by Crippen LogP contribution is 2.22. The number of alkyl carbamates (subject to hydrolysis) is 1. The van der Waals surface area contributed by atoms with E-state index in [0.29, 0.717) is 6.54 Å². The van der Waals surface area contributed by atoms with Crippen LogP contribution in [0.25, 0.3) is 0 Å². The first-order chi connectivity index (χ1) is 20.0. The van der Waals surface area contributed by atoms with E-state index in [2.05, 4.69) is 57.2 Å². The van der Waals surface area contributed by atoms with Gasteiger partial charge in [0.25, 0.3) is 0 Å². The summed E-state index contributed by atoms with van der Waals surface area (Å²) in [5.74, 6) is -0.318. The number of benzene rings is 3. The van der Waals surface area contributed by atoms with E-state index in [4.69, 9.17) is 4.74 Å². The highest BCUT2D eigenvalue weighted by molar-refractivity contribution is 5.86. The molecule has 1 fully saturated rings. The van der Waals surface area contributed by atoms with Crippen LogP contribution in [0, 0.1) is 5.92 Å². The third-order valence-corrected chi connectivity index (χ3v) is 7.55. The predicted molar refractivity (Wildman–Crippen MR) is 166 cm³/mol. The quantitative estimate of drug-likeness (QED) is 0.235. The van der Waals surface area contributed by atoms with Crippen LogP contribution in [0.4, 0.5) is 16.2 Å². The molecule has 218 valence electrons. The Morgan fingerprint density at radius 2 is 1.44 bits per heavy atom. The SMILES string of the molecule is CC(C)[C@H](NC(=O)OCc1ccccc1)C(=O)N[C@@H](CCc1ccccc1)CNc1ccc(N2CCCCC2)cc1. The summed E-state index contributed by atoms with van der Waals surface area (Å²) >= 11 is 0. The maximum atomic E-state index is 13.4. The summed E-state index contributed by atoms with van der Waals surface area (Å²) in [6.45, 7) is 6.80. The number of hydrogen-bond donors (Lipinski definition) is 3. The van der Waals surface area contributed by atoms with Gasteiger partial charge in [-0.2, -0.15) is 0 Å². The van der Waals surface area contributed by atoms with Crippen molar-refractivity contribution in [3.05, 3.63) is 96.1 Å². The minimum atomic E-state index is -0.707. The molecule has 0 bridgehead atoms. The summed E-state index contributed by atoms with van der Waals surface area (Å²) in [7, 11) is 0. The fraction of sp³-hybridized carbons (Fsp3) is 0.412. The van der Waals surface area contributed by atoms with E-state index in [1.54, 1.807) is 0 Å². The van der Waals surface area contributed by atoms with E-state index in [1.807, 2.05) is 62.4 Å². The van der Waals surface area contributed by atoms with Crippen molar-refractivity contribution < 1.29 is 14.3 Å². The highest BCUT2D eigenvalue weighted by Gasteiger charge is 2.27. The number of hydrogen-bond acceptors (Lipinski definition) is 5. The number of rotatable bonds is 13. The Kier molecular flexibility index (Phi) is 11.5. The number of piperidine rings is 1. The van der Waals surface area contributed by atoms with Gasteiger partial charge in [0.1, 0.15) is 12.6 Å². The minimum absolute atomic E-state index is 0.107. The van der Waals surface area contributed by atoms with Crippen molar-refractivity contribution in [1.29, 1.82) is 0 Å². The summed E-state index contributed by atoms with van der Waals surface area (Å²) in [6.07, 6.45) is 4.81. The Bertz CT molecular complexity index is 1200.